The van der Waals surface area contributed by atoms with Gasteiger partial charge in [0.1, 0.15) is 0 Å². The lowest BCUT2D eigenvalue weighted by atomic mass is 10.2. The molecule has 0 aromatic rings. The smallest absolute Gasteiger partial charge is 0.385 e. The lowest BCUT2D eigenvalue weighted by Gasteiger charge is -2.18. The van der Waals surface area contributed by atoms with E-state index in [4.69, 9.17) is 14.0 Å². The van der Waals surface area contributed by atoms with Gasteiger partial charge in [-0.15, -0.1) is 0 Å². The fourth-order valence-corrected chi connectivity index (χ4v) is 1.85. The lowest BCUT2D eigenvalue weighted by Crippen LogP contribution is -2.34. The van der Waals surface area contributed by atoms with Crippen LogP contribution in [0.3, 0.4) is 0 Å². The van der Waals surface area contributed by atoms with E-state index >= 15 is 0 Å². The van der Waals surface area contributed by atoms with Gasteiger partial charge in [0.15, 0.2) is 0 Å². The summed E-state index contributed by atoms with van der Waals surface area (Å²) in [6.45, 7) is 1.54. The van der Waals surface area contributed by atoms with Gasteiger partial charge < -0.3 is 14.0 Å². The Morgan fingerprint density at radius 3 is 1.11 bits per heavy atom. The van der Waals surface area contributed by atoms with E-state index in [0.717, 1.165) is 16.0 Å². The van der Waals surface area contributed by atoms with Crippen LogP contribution in [-0.4, -0.2) is 57.6 Å². The second kappa shape index (κ2) is 14.4. The summed E-state index contributed by atoms with van der Waals surface area (Å²) in [5.41, 5.74) is 0. The monoisotopic (exact) mass is 656 g/mol. The molecule has 0 fully saturated rings. The predicted molar refractivity (Wildman–Crippen MR) is 103 cm³/mol. The fraction of sp³-hybridized carbons (Fsp3) is 1.00. The quantitative estimate of drug-likeness (QED) is 0.228. The maximum atomic E-state index is 5.59. The van der Waals surface area contributed by atoms with Gasteiger partial charge >= 0.3 is 7.32 Å². The minimum absolute atomic E-state index is 0.231. The molecule has 0 aliphatic heterocycles. The van der Waals surface area contributed by atoms with E-state index in [2.05, 4.69) is 95.6 Å². The molecule has 0 saturated carbocycles. The van der Waals surface area contributed by atoms with Crippen LogP contribution in [-0.2, 0) is 14.0 Å². The van der Waals surface area contributed by atoms with Gasteiger partial charge in [0.2, 0.25) is 0 Å². The molecule has 0 aromatic carbocycles. The van der Waals surface area contributed by atoms with Crippen LogP contribution < -0.4 is 0 Å². The summed E-state index contributed by atoms with van der Waals surface area (Å²) < 4.78 is 16.8. The minimum atomic E-state index is -0.655. The highest BCUT2D eigenvalue weighted by Gasteiger charge is 2.24. The SMILES string of the molecule is BrCC(Br)COB(OCC(Br)CBr)OCC(Br)CBr. The van der Waals surface area contributed by atoms with E-state index in [1.54, 1.807) is 0 Å². The van der Waals surface area contributed by atoms with Gasteiger partial charge in [0.25, 0.3) is 0 Å². The van der Waals surface area contributed by atoms with E-state index in [1.807, 2.05) is 0 Å². The van der Waals surface area contributed by atoms with Crippen LogP contribution in [0.5, 0.6) is 0 Å². The Bertz CT molecular complexity index is 183. The fourth-order valence-electron chi connectivity index (χ4n) is 0.827. The van der Waals surface area contributed by atoms with Gasteiger partial charge in [-0.1, -0.05) is 95.6 Å². The molecule has 0 rings (SSSR count). The molecule has 0 radical (unpaired) electrons. The first kappa shape index (κ1) is 21.8. The summed E-state index contributed by atoms with van der Waals surface area (Å²) in [7, 11) is -0.655. The molecule has 0 aromatic heterocycles. The van der Waals surface area contributed by atoms with Crippen molar-refractivity contribution >= 4 is 103 Å². The summed E-state index contributed by atoms with van der Waals surface area (Å²) in [4.78, 5) is 0.692. The van der Waals surface area contributed by atoms with Crippen LogP contribution in [0, 0.1) is 0 Å². The van der Waals surface area contributed by atoms with Gasteiger partial charge in [-0.05, 0) is 0 Å². The first-order valence-electron chi connectivity index (χ1n) is 5.48. The van der Waals surface area contributed by atoms with Crippen LogP contribution in [0.25, 0.3) is 0 Å². The van der Waals surface area contributed by atoms with Gasteiger partial charge in [-0.2, -0.15) is 0 Å². The van der Waals surface area contributed by atoms with Crippen molar-refractivity contribution in [3.8, 4) is 0 Å². The van der Waals surface area contributed by atoms with Gasteiger partial charge in [-0.3, -0.25) is 0 Å². The molecule has 10 heteroatoms. The Kier molecular flexibility index (Phi) is 16.6. The molecule has 0 amide bonds. The minimum Gasteiger partial charge on any atom is -0.385 e. The van der Waals surface area contributed by atoms with Crippen molar-refractivity contribution in [3.63, 3.8) is 0 Å². The number of alkyl halides is 6. The molecule has 3 atom stereocenters. The number of hydrogen-bond acceptors (Lipinski definition) is 3. The van der Waals surface area contributed by atoms with Crippen molar-refractivity contribution in [2.24, 2.45) is 0 Å². The van der Waals surface area contributed by atoms with Crippen molar-refractivity contribution in [1.29, 1.82) is 0 Å². The Balaban J connectivity index is 4.06. The molecule has 0 bridgehead atoms. The third kappa shape index (κ3) is 13.0. The molecule has 0 saturated heterocycles. The highest BCUT2D eigenvalue weighted by Crippen LogP contribution is 2.10. The van der Waals surface area contributed by atoms with Crippen molar-refractivity contribution in [2.45, 2.75) is 14.5 Å². The molecule has 114 valence electrons. The Morgan fingerprint density at radius 1 is 0.632 bits per heavy atom. The largest absolute Gasteiger partial charge is 0.639 e. The highest BCUT2D eigenvalue weighted by atomic mass is 79.9. The van der Waals surface area contributed by atoms with Crippen LogP contribution >= 0.6 is 95.6 Å². The average Bonchev–Trinajstić information content (AvgIpc) is 2.44. The summed E-state index contributed by atoms with van der Waals surface area (Å²) in [6, 6.07) is 0. The third-order valence-electron chi connectivity index (χ3n) is 1.74. The first-order valence-corrected chi connectivity index (χ1v) is 11.6. The molecular formula is C9H15BBr6O3. The van der Waals surface area contributed by atoms with E-state index in [-0.39, 0.29) is 14.5 Å². The first-order chi connectivity index (χ1) is 9.03. The summed E-state index contributed by atoms with van der Waals surface area (Å²) in [5, 5.41) is 2.43. The van der Waals surface area contributed by atoms with Gasteiger partial charge in [0.05, 0.1) is 0 Å². The van der Waals surface area contributed by atoms with Gasteiger partial charge in [0, 0.05) is 50.3 Å². The van der Waals surface area contributed by atoms with Crippen LogP contribution in [0.4, 0.5) is 0 Å². The molecule has 19 heavy (non-hydrogen) atoms. The molecule has 0 spiro atoms. The van der Waals surface area contributed by atoms with E-state index in [9.17, 15) is 0 Å². The third-order valence-corrected chi connectivity index (χ3v) is 8.46. The van der Waals surface area contributed by atoms with Crippen molar-refractivity contribution in [2.75, 3.05) is 35.8 Å². The second-order valence-electron chi connectivity index (χ2n) is 3.54. The van der Waals surface area contributed by atoms with E-state index in [0.29, 0.717) is 19.8 Å². The molecule has 0 N–H and O–H groups in total. The number of halogens is 6. The normalized spacial score (nSPS) is 16.1. The van der Waals surface area contributed by atoms with Crippen molar-refractivity contribution in [1.82, 2.24) is 0 Å². The lowest BCUT2D eigenvalue weighted by molar-refractivity contribution is 0.0983. The van der Waals surface area contributed by atoms with E-state index < -0.39 is 7.32 Å². The van der Waals surface area contributed by atoms with Gasteiger partial charge in [-0.25, -0.2) is 0 Å². The topological polar surface area (TPSA) is 27.7 Å². The zero-order valence-corrected chi connectivity index (χ0v) is 19.6. The number of rotatable bonds is 12. The predicted octanol–water partition coefficient (Wildman–Crippen LogP) is 4.50. The highest BCUT2D eigenvalue weighted by molar-refractivity contribution is 9.12. The maximum absolute atomic E-state index is 5.59. The average molecular weight is 661 g/mol. The maximum Gasteiger partial charge on any atom is 0.639 e. The Hall–Kier alpha value is 2.82. The Labute approximate surface area is 165 Å². The zero-order chi connectivity index (χ0) is 14.7. The molecule has 3 unspecified atom stereocenters. The Morgan fingerprint density at radius 2 is 0.895 bits per heavy atom. The molecule has 3 nitrogen and oxygen atoms in total. The second-order valence-corrected chi connectivity index (χ2v) is 9.37. The van der Waals surface area contributed by atoms with Crippen LogP contribution in [0.2, 0.25) is 0 Å². The summed E-state index contributed by atoms with van der Waals surface area (Å²) in [6.07, 6.45) is 0. The summed E-state index contributed by atoms with van der Waals surface area (Å²) >= 11 is 20.6. The van der Waals surface area contributed by atoms with E-state index in [1.165, 1.54) is 0 Å². The molecular weight excluding hydrogens is 646 g/mol. The molecule has 0 aliphatic rings. The standard InChI is InChI=1S/C9H15BBr6O3/c11-1-7(14)4-17-10(18-5-8(15)2-12)19-6-9(16)3-13/h7-9H,1-6H2. The molecule has 0 aliphatic carbocycles. The zero-order valence-electron chi connectivity index (χ0n) is 10.0. The summed E-state index contributed by atoms with van der Waals surface area (Å²) in [5.74, 6) is 0. The van der Waals surface area contributed by atoms with Crippen molar-refractivity contribution < 1.29 is 14.0 Å². The van der Waals surface area contributed by atoms with Crippen LogP contribution in [0.1, 0.15) is 0 Å². The number of hydrogen-bond donors (Lipinski definition) is 0. The van der Waals surface area contributed by atoms with Crippen molar-refractivity contribution in [3.05, 3.63) is 0 Å². The van der Waals surface area contributed by atoms with Crippen LogP contribution in [0.15, 0.2) is 0 Å². The molecule has 0 heterocycles.